The lowest BCUT2D eigenvalue weighted by Crippen LogP contribution is -2.51. The first-order chi connectivity index (χ1) is 11.1. The van der Waals surface area contributed by atoms with Crippen molar-refractivity contribution in [3.63, 3.8) is 0 Å². The van der Waals surface area contributed by atoms with Gasteiger partial charge in [-0.25, -0.2) is 0 Å². The predicted octanol–water partition coefficient (Wildman–Crippen LogP) is 2.75. The Kier molecular flexibility index (Phi) is 5.45. The van der Waals surface area contributed by atoms with Crippen molar-refractivity contribution in [2.45, 2.75) is 44.7 Å². The molecule has 1 fully saturated rings. The molecule has 2 aromatic rings. The van der Waals surface area contributed by atoms with Crippen molar-refractivity contribution in [3.05, 3.63) is 21.8 Å². The molecule has 3 rings (SSSR count). The Bertz CT molecular complexity index is 672. The summed E-state index contributed by atoms with van der Waals surface area (Å²) in [5.41, 5.74) is 0. The summed E-state index contributed by atoms with van der Waals surface area (Å²) in [4.78, 5) is 17.4. The number of hydrogen-bond acceptors (Lipinski definition) is 6. The maximum absolute atomic E-state index is 12.1. The van der Waals surface area contributed by atoms with Gasteiger partial charge in [0.2, 0.25) is 17.6 Å². The maximum Gasteiger partial charge on any atom is 0.227 e. The van der Waals surface area contributed by atoms with E-state index in [1.165, 1.54) is 0 Å². The monoisotopic (exact) mass is 398 g/mol. The van der Waals surface area contributed by atoms with Crippen LogP contribution < -0.4 is 10.6 Å². The molecule has 6 nitrogen and oxygen atoms in total. The minimum absolute atomic E-state index is 0.0316. The quantitative estimate of drug-likeness (QED) is 0.808. The van der Waals surface area contributed by atoms with Crippen LogP contribution in [0.4, 0.5) is 0 Å². The lowest BCUT2D eigenvalue weighted by molar-refractivity contribution is -0.122. The summed E-state index contributed by atoms with van der Waals surface area (Å²) in [5, 5.41) is 12.4. The molecule has 23 heavy (non-hydrogen) atoms. The summed E-state index contributed by atoms with van der Waals surface area (Å²) in [6, 6.07) is 2.47. The number of halogens is 1. The Labute approximate surface area is 147 Å². The highest BCUT2D eigenvalue weighted by atomic mass is 79.9. The summed E-state index contributed by atoms with van der Waals surface area (Å²) in [6.45, 7) is 3.13. The molecule has 3 heterocycles. The molecular weight excluding hydrogens is 380 g/mol. The number of aromatic nitrogens is 2. The molecule has 0 radical (unpaired) electrons. The molecule has 0 aromatic carbocycles. The van der Waals surface area contributed by atoms with Gasteiger partial charge in [0.25, 0.3) is 0 Å². The zero-order valence-corrected chi connectivity index (χ0v) is 15.2. The Hall–Kier alpha value is -1.25. The van der Waals surface area contributed by atoms with Crippen molar-refractivity contribution in [3.8, 4) is 10.7 Å². The zero-order chi connectivity index (χ0) is 16.2. The molecule has 0 bridgehead atoms. The van der Waals surface area contributed by atoms with Gasteiger partial charge in [-0.3, -0.25) is 4.79 Å². The number of hydrogen-bond donors (Lipinski definition) is 2. The molecule has 0 saturated carbocycles. The highest BCUT2D eigenvalue weighted by Gasteiger charge is 2.22. The average molecular weight is 399 g/mol. The first-order valence-corrected chi connectivity index (χ1v) is 9.39. The fourth-order valence-electron chi connectivity index (χ4n) is 2.63. The third kappa shape index (κ3) is 4.39. The second-order valence-corrected chi connectivity index (χ2v) is 7.53. The molecule has 2 N–H and O–H groups in total. The molecule has 1 aliphatic heterocycles. The number of amides is 1. The molecule has 1 saturated heterocycles. The van der Waals surface area contributed by atoms with Crippen LogP contribution >= 0.6 is 27.3 Å². The van der Waals surface area contributed by atoms with Crippen LogP contribution in [0.2, 0.25) is 0 Å². The molecule has 8 heteroatoms. The molecule has 0 spiro atoms. The summed E-state index contributed by atoms with van der Waals surface area (Å²) in [6.07, 6.45) is 2.94. The maximum atomic E-state index is 12.1. The summed E-state index contributed by atoms with van der Waals surface area (Å²) in [7, 11) is 0. The molecule has 0 aliphatic carbocycles. The van der Waals surface area contributed by atoms with Gasteiger partial charge in [0.1, 0.15) is 0 Å². The van der Waals surface area contributed by atoms with E-state index < -0.39 is 0 Å². The van der Waals surface area contributed by atoms with Crippen LogP contribution in [-0.4, -0.2) is 34.7 Å². The zero-order valence-electron chi connectivity index (χ0n) is 12.8. The van der Waals surface area contributed by atoms with E-state index in [1.807, 2.05) is 11.4 Å². The first kappa shape index (κ1) is 16.6. The van der Waals surface area contributed by atoms with Gasteiger partial charge in [-0.05, 0) is 48.3 Å². The van der Waals surface area contributed by atoms with Crippen molar-refractivity contribution in [2.24, 2.45) is 0 Å². The van der Waals surface area contributed by atoms with Crippen LogP contribution in [0.25, 0.3) is 10.7 Å². The van der Waals surface area contributed by atoms with E-state index in [0.29, 0.717) is 30.6 Å². The van der Waals surface area contributed by atoms with E-state index in [2.05, 4.69) is 43.6 Å². The molecule has 1 aliphatic rings. The van der Waals surface area contributed by atoms with Crippen molar-refractivity contribution in [2.75, 3.05) is 6.54 Å². The molecule has 1 amide bonds. The highest BCUT2D eigenvalue weighted by Crippen LogP contribution is 2.27. The lowest BCUT2D eigenvalue weighted by Gasteiger charge is -2.30. The second-order valence-electron chi connectivity index (χ2n) is 5.70. The van der Waals surface area contributed by atoms with Gasteiger partial charge in [0, 0.05) is 34.8 Å². The van der Waals surface area contributed by atoms with Gasteiger partial charge >= 0.3 is 0 Å². The number of rotatable bonds is 5. The molecule has 124 valence electrons. The van der Waals surface area contributed by atoms with Gasteiger partial charge in [-0.2, -0.15) is 4.98 Å². The first-order valence-electron chi connectivity index (χ1n) is 7.71. The normalized spacial score (nSPS) is 21.3. The van der Waals surface area contributed by atoms with E-state index in [4.69, 9.17) is 4.52 Å². The Morgan fingerprint density at radius 1 is 1.61 bits per heavy atom. The van der Waals surface area contributed by atoms with E-state index in [1.54, 1.807) is 11.3 Å². The van der Waals surface area contributed by atoms with Crippen LogP contribution in [0.3, 0.4) is 0 Å². The van der Waals surface area contributed by atoms with Gasteiger partial charge in [-0.15, -0.1) is 11.3 Å². The molecule has 2 atom stereocenters. The minimum atomic E-state index is 0.0316. The number of aryl methyl sites for hydroxylation is 1. The van der Waals surface area contributed by atoms with Crippen molar-refractivity contribution in [1.82, 2.24) is 20.8 Å². The predicted molar refractivity (Wildman–Crippen MR) is 92.3 cm³/mol. The standard InChI is InChI=1S/C15H19BrN4O2S/c1-9-11(3-2-6-17-9)18-13(21)4-5-14-19-15(20-22-14)12-7-10(16)8-23-12/h7-9,11,17H,2-6H2,1H3,(H,18,21). The third-order valence-corrected chi connectivity index (χ3v) is 5.62. The molecule has 2 unspecified atom stereocenters. The SMILES string of the molecule is CC1NCCCC1NC(=O)CCc1nc(-c2cc(Br)cs2)no1. The van der Waals surface area contributed by atoms with E-state index >= 15 is 0 Å². The van der Waals surface area contributed by atoms with Gasteiger partial charge in [0.15, 0.2) is 0 Å². The fraction of sp³-hybridized carbons (Fsp3) is 0.533. The van der Waals surface area contributed by atoms with Gasteiger partial charge < -0.3 is 15.2 Å². The van der Waals surface area contributed by atoms with Crippen LogP contribution in [0.1, 0.15) is 32.1 Å². The Morgan fingerprint density at radius 2 is 2.48 bits per heavy atom. The highest BCUT2D eigenvalue weighted by molar-refractivity contribution is 9.10. The van der Waals surface area contributed by atoms with Crippen LogP contribution in [0.5, 0.6) is 0 Å². The van der Waals surface area contributed by atoms with Crippen molar-refractivity contribution in [1.29, 1.82) is 0 Å². The number of piperidine rings is 1. The summed E-state index contributed by atoms with van der Waals surface area (Å²) < 4.78 is 6.23. The minimum Gasteiger partial charge on any atom is -0.352 e. The number of thiophene rings is 1. The topological polar surface area (TPSA) is 80.0 Å². The van der Waals surface area contributed by atoms with Gasteiger partial charge in [-0.1, -0.05) is 5.16 Å². The Morgan fingerprint density at radius 3 is 3.22 bits per heavy atom. The summed E-state index contributed by atoms with van der Waals surface area (Å²) >= 11 is 4.95. The van der Waals surface area contributed by atoms with Crippen molar-refractivity contribution >= 4 is 33.2 Å². The van der Waals surface area contributed by atoms with Crippen LogP contribution in [-0.2, 0) is 11.2 Å². The number of nitrogens with one attached hydrogen (secondary N) is 2. The van der Waals surface area contributed by atoms with E-state index in [-0.39, 0.29) is 11.9 Å². The third-order valence-electron chi connectivity index (χ3n) is 3.93. The second kappa shape index (κ2) is 7.55. The fourth-order valence-corrected chi connectivity index (χ4v) is 3.98. The number of carbonyl (C=O) groups excluding carboxylic acids is 1. The smallest absolute Gasteiger partial charge is 0.227 e. The van der Waals surface area contributed by atoms with Crippen LogP contribution in [0.15, 0.2) is 20.4 Å². The van der Waals surface area contributed by atoms with E-state index in [9.17, 15) is 4.79 Å². The molecular formula is C15H19BrN4O2S. The number of nitrogens with zero attached hydrogens (tertiary/aromatic N) is 2. The van der Waals surface area contributed by atoms with Gasteiger partial charge in [0.05, 0.1) is 4.88 Å². The van der Waals surface area contributed by atoms with E-state index in [0.717, 1.165) is 28.7 Å². The van der Waals surface area contributed by atoms with Crippen molar-refractivity contribution < 1.29 is 9.32 Å². The average Bonchev–Trinajstić information content (AvgIpc) is 3.16. The number of carbonyl (C=O) groups is 1. The summed E-state index contributed by atoms with van der Waals surface area (Å²) in [5.74, 6) is 1.10. The van der Waals surface area contributed by atoms with Crippen LogP contribution in [0, 0.1) is 0 Å². The lowest BCUT2D eigenvalue weighted by atomic mass is 10.00. The Balaban J connectivity index is 1.50. The molecule has 2 aromatic heterocycles. The largest absolute Gasteiger partial charge is 0.352 e.